The van der Waals surface area contributed by atoms with Crippen LogP contribution in [-0.2, 0) is 0 Å². The summed E-state index contributed by atoms with van der Waals surface area (Å²) in [5.41, 5.74) is 8.57. The van der Waals surface area contributed by atoms with Crippen molar-refractivity contribution < 1.29 is 37.9 Å². The molecule has 0 saturated heterocycles. The summed E-state index contributed by atoms with van der Waals surface area (Å²) in [6.07, 6.45) is 7.16. The Morgan fingerprint density at radius 2 is 0.464 bits per heavy atom. The number of hydrogen-bond acceptors (Lipinski definition) is 8. The molecule has 8 nitrogen and oxygen atoms in total. The summed E-state index contributed by atoms with van der Waals surface area (Å²) >= 11 is 0. The summed E-state index contributed by atoms with van der Waals surface area (Å²) in [5.74, 6) is 33.7. The molecular formula is C75H106O8Si. The summed E-state index contributed by atoms with van der Waals surface area (Å²) in [6.45, 7) is 46.4. The van der Waals surface area contributed by atoms with Crippen LogP contribution in [0.15, 0.2) is 54.6 Å². The van der Waals surface area contributed by atoms with E-state index in [9.17, 15) is 0 Å². The Kier molecular flexibility index (Phi) is 30.6. The summed E-state index contributed by atoms with van der Waals surface area (Å²) < 4.78 is 52.4. The molecule has 0 aliphatic rings. The van der Waals surface area contributed by atoms with Crippen molar-refractivity contribution in [2.24, 2.45) is 47.3 Å². The molecule has 0 aliphatic carbocycles. The van der Waals surface area contributed by atoms with Crippen LogP contribution in [-0.4, -0.2) is 60.9 Å². The van der Waals surface area contributed by atoms with E-state index in [1.54, 1.807) is 0 Å². The van der Waals surface area contributed by atoms with Crippen molar-refractivity contribution in [1.82, 2.24) is 0 Å². The molecule has 4 aromatic carbocycles. The van der Waals surface area contributed by atoms with Gasteiger partial charge in [-0.05, 0) is 117 Å². The minimum absolute atomic E-state index is 0.430. The van der Waals surface area contributed by atoms with Crippen molar-refractivity contribution in [3.63, 3.8) is 0 Å². The number of hydrogen-bond donors (Lipinski definition) is 0. The third kappa shape index (κ3) is 27.6. The van der Waals surface area contributed by atoms with Gasteiger partial charge in [-0.25, -0.2) is 0 Å². The zero-order chi connectivity index (χ0) is 61.8. The highest BCUT2D eigenvalue weighted by Crippen LogP contribution is 2.35. The lowest BCUT2D eigenvalue weighted by atomic mass is 10.0. The average molecular weight is 1160 g/mol. The Morgan fingerprint density at radius 3 is 0.690 bits per heavy atom. The van der Waals surface area contributed by atoms with E-state index < -0.39 is 8.07 Å². The molecule has 4 rings (SSSR count). The summed E-state index contributed by atoms with van der Waals surface area (Å²) in [6, 6.07) is 17.9. The molecule has 9 heteroatoms. The first-order valence-electron chi connectivity index (χ1n) is 31.6. The lowest BCUT2D eigenvalue weighted by Crippen LogP contribution is -2.16. The predicted octanol–water partition coefficient (Wildman–Crippen LogP) is 18.5. The molecule has 0 fully saturated rings. The maximum atomic E-state index is 6.70. The summed E-state index contributed by atoms with van der Waals surface area (Å²) in [7, 11) is -1.72. The van der Waals surface area contributed by atoms with E-state index in [-0.39, 0.29) is 0 Å². The first-order chi connectivity index (χ1) is 39.8. The predicted molar refractivity (Wildman–Crippen MR) is 354 cm³/mol. The Hall–Kier alpha value is -6.26. The second kappa shape index (κ2) is 36.6. The van der Waals surface area contributed by atoms with Crippen LogP contribution in [0.25, 0.3) is 0 Å². The van der Waals surface area contributed by atoms with Crippen molar-refractivity contribution >= 4 is 8.07 Å². The van der Waals surface area contributed by atoms with Gasteiger partial charge in [0.1, 0.15) is 54.1 Å². The molecule has 0 heterocycles. The Balaban J connectivity index is 2.01. The van der Waals surface area contributed by atoms with Gasteiger partial charge < -0.3 is 37.9 Å². The standard InChI is InChI=1S/C75H106O8Si/c1-53(2)28-37-76-68-26-27-69(77-38-29-54(3)4)61(46-68)20-21-62-47-71(79-40-31-56(7)8)63(48-70(62)78-39-30-55(5)6)22-23-64-49-73(81-42-33-58(11)12)65(50-72(64)80-41-32-57(9)10)24-25-66-51-75(83-44-35-60(15)16)67(36-45-84(17,18)19)52-74(66)82-43-34-59(13)14/h26-27,46-60H,28-35,37-44H2,1-19H3. The van der Waals surface area contributed by atoms with Gasteiger partial charge in [-0.1, -0.05) is 172 Å². The fourth-order valence-corrected chi connectivity index (χ4v) is 8.22. The topological polar surface area (TPSA) is 73.8 Å². The maximum Gasteiger partial charge on any atom is 0.136 e. The highest BCUT2D eigenvalue weighted by Gasteiger charge is 2.18. The monoisotopic (exact) mass is 1160 g/mol. The average Bonchev–Trinajstić information content (AvgIpc) is 3.54. The van der Waals surface area contributed by atoms with Crippen LogP contribution in [0.4, 0.5) is 0 Å². The molecule has 0 bridgehead atoms. The largest absolute Gasteiger partial charge is 0.494 e. The summed E-state index contributed by atoms with van der Waals surface area (Å²) in [5, 5.41) is 0. The van der Waals surface area contributed by atoms with Gasteiger partial charge in [0.05, 0.1) is 91.8 Å². The maximum absolute atomic E-state index is 6.70. The number of benzene rings is 4. The Bertz CT molecular complexity index is 2910. The van der Waals surface area contributed by atoms with Crippen LogP contribution >= 0.6 is 0 Å². The smallest absolute Gasteiger partial charge is 0.136 e. The van der Waals surface area contributed by atoms with Gasteiger partial charge in [-0.3, -0.25) is 0 Å². The van der Waals surface area contributed by atoms with Gasteiger partial charge in [0.25, 0.3) is 0 Å². The van der Waals surface area contributed by atoms with Gasteiger partial charge >= 0.3 is 0 Å². The lowest BCUT2D eigenvalue weighted by Gasteiger charge is -2.16. The van der Waals surface area contributed by atoms with E-state index in [1.807, 2.05) is 54.6 Å². The molecule has 0 atom stereocenters. The van der Waals surface area contributed by atoms with Crippen molar-refractivity contribution in [3.8, 4) is 93.0 Å². The second-order valence-electron chi connectivity index (χ2n) is 26.7. The van der Waals surface area contributed by atoms with Crippen LogP contribution in [0.2, 0.25) is 19.6 Å². The fraction of sp³-hybridized carbons (Fsp3) is 0.573. The molecule has 458 valence electrons. The molecular weight excluding hydrogens is 1060 g/mol. The molecule has 84 heavy (non-hydrogen) atoms. The quantitative estimate of drug-likeness (QED) is 0.0354. The molecule has 0 amide bonds. The molecule has 4 aromatic rings. The molecule has 0 radical (unpaired) electrons. The van der Waals surface area contributed by atoms with Gasteiger partial charge in [0.2, 0.25) is 0 Å². The fourth-order valence-electron chi connectivity index (χ4n) is 7.71. The van der Waals surface area contributed by atoms with Crippen LogP contribution in [0, 0.1) is 94.3 Å². The molecule has 0 N–H and O–H groups in total. The van der Waals surface area contributed by atoms with E-state index in [0.717, 1.165) is 79.6 Å². The minimum atomic E-state index is -1.72. The summed E-state index contributed by atoms with van der Waals surface area (Å²) in [4.78, 5) is 0. The first-order valence-corrected chi connectivity index (χ1v) is 35.1. The highest BCUT2D eigenvalue weighted by molar-refractivity contribution is 6.83. The van der Waals surface area contributed by atoms with Gasteiger partial charge in [-0.2, -0.15) is 0 Å². The van der Waals surface area contributed by atoms with Crippen LogP contribution in [0.5, 0.6) is 46.0 Å². The lowest BCUT2D eigenvalue weighted by molar-refractivity contribution is 0.280. The van der Waals surface area contributed by atoms with E-state index in [1.165, 1.54) is 0 Å². The third-order valence-corrected chi connectivity index (χ3v) is 14.3. The van der Waals surface area contributed by atoms with Crippen molar-refractivity contribution in [2.75, 3.05) is 52.9 Å². The van der Waals surface area contributed by atoms with Gasteiger partial charge in [0.15, 0.2) is 0 Å². The second-order valence-corrected chi connectivity index (χ2v) is 31.4. The molecule has 0 aromatic heterocycles. The Morgan fingerprint density at radius 1 is 0.262 bits per heavy atom. The van der Waals surface area contributed by atoms with Crippen LogP contribution in [0.1, 0.15) is 201 Å². The minimum Gasteiger partial charge on any atom is -0.494 e. The van der Waals surface area contributed by atoms with E-state index >= 15 is 0 Å². The van der Waals surface area contributed by atoms with Crippen LogP contribution in [0.3, 0.4) is 0 Å². The highest BCUT2D eigenvalue weighted by atomic mass is 28.3. The normalized spacial score (nSPS) is 11.3. The van der Waals surface area contributed by atoms with E-state index in [0.29, 0.717) is 157 Å². The molecule has 0 saturated carbocycles. The third-order valence-electron chi connectivity index (χ3n) is 13.4. The van der Waals surface area contributed by atoms with Crippen molar-refractivity contribution in [1.29, 1.82) is 0 Å². The SMILES string of the molecule is CC(C)CCOc1ccc(OCCC(C)C)c(C#Cc2cc(OCCC(C)C)c(C#Cc3cc(OCCC(C)C)c(C#Cc4cc(OCCC(C)C)c(C#C[Si](C)(C)C)cc4OCCC(C)C)cc3OCCC(C)C)cc2OCCC(C)C)c1. The van der Waals surface area contributed by atoms with E-state index in [4.69, 9.17) is 37.9 Å². The van der Waals surface area contributed by atoms with E-state index in [2.05, 4.69) is 177 Å². The van der Waals surface area contributed by atoms with Crippen molar-refractivity contribution in [3.05, 3.63) is 93.5 Å². The first kappa shape index (κ1) is 70.2. The molecule has 0 aliphatic heterocycles. The van der Waals surface area contributed by atoms with Crippen LogP contribution < -0.4 is 37.9 Å². The number of rotatable bonds is 32. The zero-order valence-corrected chi connectivity index (χ0v) is 56.4. The molecule has 0 unspecified atom stereocenters. The van der Waals surface area contributed by atoms with Gasteiger partial charge in [0, 0.05) is 36.4 Å². The Labute approximate surface area is 512 Å². The van der Waals surface area contributed by atoms with Gasteiger partial charge in [-0.15, -0.1) is 5.54 Å². The van der Waals surface area contributed by atoms with Crippen molar-refractivity contribution in [2.45, 2.75) is 182 Å². The number of ether oxygens (including phenoxy) is 8. The zero-order valence-electron chi connectivity index (χ0n) is 55.4. The molecule has 0 spiro atoms.